The molecule has 0 radical (unpaired) electrons. The van der Waals surface area contributed by atoms with E-state index in [2.05, 4.69) is 4.98 Å². The number of rotatable bonds is 2. The van der Waals surface area contributed by atoms with Crippen LogP contribution in [0.4, 0.5) is 8.78 Å². The SMILES string of the molecule is Cc1nc(C2(C(=O)O)CCC(F)(F)CC2)oc1C. The molecule has 0 amide bonds. The normalized spacial score (nSPS) is 21.8. The van der Waals surface area contributed by atoms with Crippen LogP contribution in [0.15, 0.2) is 4.42 Å². The van der Waals surface area contributed by atoms with Crippen molar-refractivity contribution < 1.29 is 23.1 Å². The Kier molecular flexibility index (Phi) is 2.91. The molecule has 0 saturated heterocycles. The van der Waals surface area contributed by atoms with Crippen LogP contribution < -0.4 is 0 Å². The van der Waals surface area contributed by atoms with E-state index in [-0.39, 0.29) is 18.7 Å². The van der Waals surface area contributed by atoms with Crippen molar-refractivity contribution in [2.75, 3.05) is 0 Å². The molecule has 18 heavy (non-hydrogen) atoms. The minimum atomic E-state index is -2.78. The van der Waals surface area contributed by atoms with Gasteiger partial charge < -0.3 is 9.52 Å². The topological polar surface area (TPSA) is 63.3 Å². The van der Waals surface area contributed by atoms with Gasteiger partial charge in [0.15, 0.2) is 0 Å². The molecule has 0 atom stereocenters. The predicted octanol–water partition coefficient (Wildman–Crippen LogP) is 2.82. The van der Waals surface area contributed by atoms with E-state index in [4.69, 9.17) is 4.42 Å². The van der Waals surface area contributed by atoms with Crippen molar-refractivity contribution in [3.63, 3.8) is 0 Å². The summed E-state index contributed by atoms with van der Waals surface area (Å²) in [5.41, 5.74) is -0.802. The molecule has 1 N–H and O–H groups in total. The molecule has 6 heteroatoms. The van der Waals surface area contributed by atoms with Crippen LogP contribution in [0, 0.1) is 13.8 Å². The second kappa shape index (κ2) is 4.03. The highest BCUT2D eigenvalue weighted by Crippen LogP contribution is 2.45. The summed E-state index contributed by atoms with van der Waals surface area (Å²) >= 11 is 0. The van der Waals surface area contributed by atoms with Gasteiger partial charge >= 0.3 is 5.97 Å². The highest BCUT2D eigenvalue weighted by molar-refractivity contribution is 5.80. The fraction of sp³-hybridized carbons (Fsp3) is 0.667. The van der Waals surface area contributed by atoms with Crippen LogP contribution in [-0.2, 0) is 10.2 Å². The van der Waals surface area contributed by atoms with Crippen molar-refractivity contribution in [2.24, 2.45) is 0 Å². The van der Waals surface area contributed by atoms with Crippen LogP contribution in [0.3, 0.4) is 0 Å². The van der Waals surface area contributed by atoms with E-state index in [0.717, 1.165) is 0 Å². The average Bonchev–Trinajstić information content (AvgIpc) is 2.59. The van der Waals surface area contributed by atoms with Gasteiger partial charge in [-0.3, -0.25) is 4.79 Å². The fourth-order valence-corrected chi connectivity index (χ4v) is 2.24. The second-order valence-electron chi connectivity index (χ2n) is 4.90. The maximum atomic E-state index is 13.2. The van der Waals surface area contributed by atoms with Crippen molar-refractivity contribution in [1.82, 2.24) is 4.98 Å². The van der Waals surface area contributed by atoms with Gasteiger partial charge in [0.05, 0.1) is 5.69 Å². The minimum absolute atomic E-state index is 0.0560. The van der Waals surface area contributed by atoms with Crippen molar-refractivity contribution in [2.45, 2.75) is 50.9 Å². The van der Waals surface area contributed by atoms with Gasteiger partial charge in [0.25, 0.3) is 0 Å². The number of hydrogen-bond acceptors (Lipinski definition) is 3. The Morgan fingerprint density at radius 2 is 1.83 bits per heavy atom. The zero-order chi connectivity index (χ0) is 13.6. The number of aryl methyl sites for hydroxylation is 2. The number of aliphatic carboxylic acids is 1. The first kappa shape index (κ1) is 13.0. The number of carboxylic acids is 1. The van der Waals surface area contributed by atoms with E-state index in [1.54, 1.807) is 13.8 Å². The number of halogens is 2. The molecule has 1 aliphatic carbocycles. The van der Waals surface area contributed by atoms with Gasteiger partial charge in [-0.15, -0.1) is 0 Å². The lowest BCUT2D eigenvalue weighted by Crippen LogP contribution is -2.43. The van der Waals surface area contributed by atoms with Crippen LogP contribution >= 0.6 is 0 Å². The molecule has 0 aromatic carbocycles. The van der Waals surface area contributed by atoms with Crippen molar-refractivity contribution in [1.29, 1.82) is 0 Å². The third kappa shape index (κ3) is 2.00. The van der Waals surface area contributed by atoms with Gasteiger partial charge in [-0.1, -0.05) is 0 Å². The average molecular weight is 259 g/mol. The Morgan fingerprint density at radius 1 is 1.28 bits per heavy atom. The van der Waals surface area contributed by atoms with Crippen LogP contribution in [-0.4, -0.2) is 22.0 Å². The van der Waals surface area contributed by atoms with E-state index < -0.39 is 30.1 Å². The third-order valence-electron chi connectivity index (χ3n) is 3.68. The van der Waals surface area contributed by atoms with E-state index in [1.807, 2.05) is 0 Å². The lowest BCUT2D eigenvalue weighted by atomic mass is 9.72. The van der Waals surface area contributed by atoms with Gasteiger partial charge in [-0.05, 0) is 26.7 Å². The first-order valence-electron chi connectivity index (χ1n) is 5.83. The van der Waals surface area contributed by atoms with E-state index in [9.17, 15) is 18.7 Å². The highest BCUT2D eigenvalue weighted by atomic mass is 19.3. The molecule has 1 fully saturated rings. The van der Waals surface area contributed by atoms with Crippen LogP contribution in [0.5, 0.6) is 0 Å². The summed E-state index contributed by atoms with van der Waals surface area (Å²) in [5.74, 6) is -3.34. The summed E-state index contributed by atoms with van der Waals surface area (Å²) in [5, 5.41) is 9.37. The van der Waals surface area contributed by atoms with Gasteiger partial charge in [0, 0.05) is 12.8 Å². The molecule has 0 bridgehead atoms. The molecule has 0 aliphatic heterocycles. The van der Waals surface area contributed by atoms with Gasteiger partial charge in [-0.25, -0.2) is 13.8 Å². The summed E-state index contributed by atoms with van der Waals surface area (Å²) in [6, 6.07) is 0. The van der Waals surface area contributed by atoms with E-state index in [1.165, 1.54) is 0 Å². The molecular weight excluding hydrogens is 244 g/mol. The molecule has 1 aliphatic rings. The number of aromatic nitrogens is 1. The Bertz CT molecular complexity index is 452. The number of hydrogen-bond donors (Lipinski definition) is 1. The van der Waals surface area contributed by atoms with Gasteiger partial charge in [0.2, 0.25) is 11.8 Å². The maximum absolute atomic E-state index is 13.2. The molecule has 4 nitrogen and oxygen atoms in total. The molecule has 1 saturated carbocycles. The van der Waals surface area contributed by atoms with Crippen LogP contribution in [0.2, 0.25) is 0 Å². The van der Waals surface area contributed by atoms with Crippen molar-refractivity contribution >= 4 is 5.97 Å². The Labute approximate surface area is 103 Å². The second-order valence-corrected chi connectivity index (χ2v) is 4.90. The van der Waals surface area contributed by atoms with Crippen molar-refractivity contribution in [3.8, 4) is 0 Å². The quantitative estimate of drug-likeness (QED) is 0.887. The largest absolute Gasteiger partial charge is 0.480 e. The molecule has 100 valence electrons. The number of oxazole rings is 1. The zero-order valence-corrected chi connectivity index (χ0v) is 10.3. The molecule has 1 heterocycles. The molecule has 2 rings (SSSR count). The first-order chi connectivity index (χ1) is 8.27. The standard InChI is InChI=1S/C12H15F2NO3/c1-7-8(2)18-9(15-7)11(10(16)17)3-5-12(13,14)6-4-11/h3-6H2,1-2H3,(H,16,17). The summed E-state index contributed by atoms with van der Waals surface area (Å²) in [7, 11) is 0. The lowest BCUT2D eigenvalue weighted by Gasteiger charge is -2.34. The van der Waals surface area contributed by atoms with E-state index in [0.29, 0.717) is 11.5 Å². The molecule has 1 aromatic rings. The molecule has 0 unspecified atom stereocenters. The third-order valence-corrected chi connectivity index (χ3v) is 3.68. The van der Waals surface area contributed by atoms with Crippen LogP contribution in [0.1, 0.15) is 43.0 Å². The molecule has 1 aromatic heterocycles. The predicted molar refractivity (Wildman–Crippen MR) is 58.7 cm³/mol. The van der Waals surface area contributed by atoms with Gasteiger partial charge in [0.1, 0.15) is 11.2 Å². The fourth-order valence-electron chi connectivity index (χ4n) is 2.24. The summed E-state index contributed by atoms with van der Waals surface area (Å²) in [6.07, 6.45) is -1.18. The van der Waals surface area contributed by atoms with E-state index >= 15 is 0 Å². The zero-order valence-electron chi connectivity index (χ0n) is 10.3. The number of alkyl halides is 2. The van der Waals surface area contributed by atoms with Crippen molar-refractivity contribution in [3.05, 3.63) is 17.3 Å². The Hall–Kier alpha value is -1.46. The monoisotopic (exact) mass is 259 g/mol. The minimum Gasteiger partial charge on any atom is -0.480 e. The number of carbonyl (C=O) groups is 1. The molecular formula is C12H15F2NO3. The number of carboxylic acid groups (broad SMARTS) is 1. The summed E-state index contributed by atoms with van der Waals surface area (Å²) in [4.78, 5) is 15.5. The highest BCUT2D eigenvalue weighted by Gasteiger charge is 2.52. The Morgan fingerprint density at radius 3 is 2.22 bits per heavy atom. The smallest absolute Gasteiger partial charge is 0.319 e. The lowest BCUT2D eigenvalue weighted by molar-refractivity contribution is -0.150. The summed E-state index contributed by atoms with van der Waals surface area (Å²) < 4.78 is 31.7. The first-order valence-corrected chi connectivity index (χ1v) is 5.83. The maximum Gasteiger partial charge on any atom is 0.319 e. The Balaban J connectivity index is 2.37. The van der Waals surface area contributed by atoms with Crippen LogP contribution in [0.25, 0.3) is 0 Å². The number of nitrogens with zero attached hydrogens (tertiary/aromatic N) is 1. The molecule has 0 spiro atoms. The van der Waals surface area contributed by atoms with Gasteiger partial charge in [-0.2, -0.15) is 0 Å². The summed E-state index contributed by atoms with van der Waals surface area (Å²) in [6.45, 7) is 3.38.